The molecule has 6 unspecified atom stereocenters. The number of fused-ring (bicyclic) bond motifs is 2. The molecule has 3 N–H and O–H groups in total. The van der Waals surface area contributed by atoms with Crippen LogP contribution in [0.1, 0.15) is 50.6 Å². The highest BCUT2D eigenvalue weighted by atomic mass is 16.7. The molecule has 6 rings (SSSR count). The number of hydrogen-bond donors (Lipinski definition) is 3. The SMILES string of the molecule is CCNC(=O)Nc1ncnc2c1ncn2C1CC(COCC2CCCCC2C(=O)O)C2O[C@H](/C=C/c3ccccc3)OC21. The molecule has 2 aromatic heterocycles. The Kier molecular flexibility index (Phi) is 8.96. The fourth-order valence-electron chi connectivity index (χ4n) is 6.64. The van der Waals surface area contributed by atoms with Gasteiger partial charge in [0.1, 0.15) is 12.4 Å². The molecule has 0 spiro atoms. The summed E-state index contributed by atoms with van der Waals surface area (Å²) < 4.78 is 21.1. The first-order chi connectivity index (χ1) is 21.0. The summed E-state index contributed by atoms with van der Waals surface area (Å²) in [5.41, 5.74) is 2.13. The number of carbonyl (C=O) groups excluding carboxylic acids is 1. The van der Waals surface area contributed by atoms with Crippen LogP contribution in [0.3, 0.4) is 0 Å². The molecule has 0 bridgehead atoms. The van der Waals surface area contributed by atoms with E-state index in [0.29, 0.717) is 49.6 Å². The van der Waals surface area contributed by atoms with Crippen LogP contribution in [-0.4, -0.2) is 74.9 Å². The summed E-state index contributed by atoms with van der Waals surface area (Å²) in [6, 6.07) is 9.47. The molecule has 1 aromatic carbocycles. The Morgan fingerprint density at radius 1 is 1.07 bits per heavy atom. The smallest absolute Gasteiger partial charge is 0.320 e. The van der Waals surface area contributed by atoms with Crippen molar-refractivity contribution in [1.29, 1.82) is 0 Å². The molecular weight excluding hydrogens is 552 g/mol. The molecule has 1 aliphatic heterocycles. The topological polar surface area (TPSA) is 150 Å². The zero-order valence-corrected chi connectivity index (χ0v) is 24.2. The molecule has 43 heavy (non-hydrogen) atoms. The number of aliphatic carboxylic acids is 1. The van der Waals surface area contributed by atoms with Gasteiger partial charge in [0.05, 0.1) is 37.6 Å². The van der Waals surface area contributed by atoms with Crippen LogP contribution >= 0.6 is 0 Å². The Balaban J connectivity index is 1.21. The van der Waals surface area contributed by atoms with Gasteiger partial charge in [0.2, 0.25) is 0 Å². The van der Waals surface area contributed by atoms with E-state index < -0.39 is 12.3 Å². The van der Waals surface area contributed by atoms with Crippen molar-refractivity contribution in [2.24, 2.45) is 17.8 Å². The van der Waals surface area contributed by atoms with E-state index >= 15 is 0 Å². The second-order valence-electron chi connectivity index (χ2n) is 11.5. The molecule has 1 saturated heterocycles. The summed E-state index contributed by atoms with van der Waals surface area (Å²) in [5, 5.41) is 15.1. The second-order valence-corrected chi connectivity index (χ2v) is 11.5. The summed E-state index contributed by atoms with van der Waals surface area (Å²) >= 11 is 0. The number of anilines is 1. The lowest BCUT2D eigenvalue weighted by molar-refractivity contribution is -0.146. The van der Waals surface area contributed by atoms with Crippen LogP contribution in [0.2, 0.25) is 0 Å². The van der Waals surface area contributed by atoms with Gasteiger partial charge in [-0.15, -0.1) is 0 Å². The van der Waals surface area contributed by atoms with Gasteiger partial charge in [-0.25, -0.2) is 19.7 Å². The van der Waals surface area contributed by atoms with Gasteiger partial charge < -0.3 is 29.2 Å². The average Bonchev–Trinajstić information content (AvgIpc) is 3.72. The van der Waals surface area contributed by atoms with Gasteiger partial charge in [-0.3, -0.25) is 10.1 Å². The summed E-state index contributed by atoms with van der Waals surface area (Å²) in [4.78, 5) is 37.3. The zero-order chi connectivity index (χ0) is 29.8. The molecule has 228 valence electrons. The minimum absolute atomic E-state index is 0.0178. The zero-order valence-electron chi connectivity index (χ0n) is 24.2. The van der Waals surface area contributed by atoms with Crippen molar-refractivity contribution >= 4 is 35.1 Å². The number of aromatic nitrogens is 4. The standard InChI is InChI=1S/C31H38N6O6/c1-2-32-31(40)36-28-25-29(34-17-33-28)37(18-35-25)23-14-21(16-41-15-20-10-6-7-11-22(20)30(38)39)26-27(23)43-24(42-26)13-12-19-8-4-3-5-9-19/h3-5,8-9,12-13,17-18,20-24,26-27H,2,6-7,10-11,14-16H2,1H3,(H,38,39)(H2,32,33,34,36,40)/b13-12+/t20?,21?,22?,23?,24-,26?,27?/m0/s1. The van der Waals surface area contributed by atoms with Crippen LogP contribution in [0.5, 0.6) is 0 Å². The van der Waals surface area contributed by atoms with Crippen LogP contribution in [0.4, 0.5) is 10.6 Å². The van der Waals surface area contributed by atoms with Gasteiger partial charge in [-0.05, 0) is 43.7 Å². The number of carboxylic acids is 1. The van der Waals surface area contributed by atoms with Crippen LogP contribution in [0.25, 0.3) is 17.2 Å². The van der Waals surface area contributed by atoms with Crippen molar-refractivity contribution < 1.29 is 28.9 Å². The van der Waals surface area contributed by atoms with Crippen molar-refractivity contribution in [2.75, 3.05) is 25.1 Å². The molecule has 2 saturated carbocycles. The number of nitrogens with zero attached hydrogens (tertiary/aromatic N) is 4. The molecule has 0 radical (unpaired) electrons. The monoisotopic (exact) mass is 590 g/mol. The average molecular weight is 591 g/mol. The lowest BCUT2D eigenvalue weighted by Gasteiger charge is -2.29. The minimum atomic E-state index is -0.732. The van der Waals surface area contributed by atoms with Crippen molar-refractivity contribution in [3.8, 4) is 0 Å². The van der Waals surface area contributed by atoms with E-state index in [0.717, 1.165) is 24.8 Å². The Labute approximate surface area is 249 Å². The van der Waals surface area contributed by atoms with Crippen molar-refractivity contribution in [3.63, 3.8) is 0 Å². The van der Waals surface area contributed by atoms with Crippen LogP contribution in [-0.2, 0) is 19.0 Å². The van der Waals surface area contributed by atoms with E-state index in [1.54, 1.807) is 6.33 Å². The number of ether oxygens (including phenoxy) is 3. The van der Waals surface area contributed by atoms with E-state index in [4.69, 9.17) is 14.2 Å². The van der Waals surface area contributed by atoms with Gasteiger partial charge in [0.15, 0.2) is 23.3 Å². The number of carboxylic acid groups (broad SMARTS) is 1. The van der Waals surface area contributed by atoms with Crippen LogP contribution in [0.15, 0.2) is 49.1 Å². The molecule has 12 heteroatoms. The molecule has 2 amide bonds. The van der Waals surface area contributed by atoms with E-state index in [2.05, 4.69) is 25.6 Å². The molecular formula is C31H38N6O6. The largest absolute Gasteiger partial charge is 0.481 e. The highest BCUT2D eigenvalue weighted by Gasteiger charge is 2.52. The molecule has 2 aliphatic carbocycles. The van der Waals surface area contributed by atoms with Crippen molar-refractivity contribution in [1.82, 2.24) is 24.8 Å². The Hall–Kier alpha value is -3.87. The Morgan fingerprint density at radius 2 is 1.86 bits per heavy atom. The first-order valence-corrected chi connectivity index (χ1v) is 15.1. The fourth-order valence-corrected chi connectivity index (χ4v) is 6.64. The lowest BCUT2D eigenvalue weighted by atomic mass is 9.80. The number of benzene rings is 1. The second kappa shape index (κ2) is 13.2. The van der Waals surface area contributed by atoms with Gasteiger partial charge in [0, 0.05) is 12.5 Å². The van der Waals surface area contributed by atoms with Crippen LogP contribution < -0.4 is 10.6 Å². The predicted molar refractivity (Wildman–Crippen MR) is 158 cm³/mol. The first kappa shape index (κ1) is 29.2. The Bertz CT molecular complexity index is 1450. The number of hydrogen-bond acceptors (Lipinski definition) is 8. The predicted octanol–water partition coefficient (Wildman–Crippen LogP) is 4.26. The molecule has 3 aliphatic rings. The number of amides is 2. The number of imidazole rings is 1. The van der Waals surface area contributed by atoms with E-state index in [1.165, 1.54) is 6.33 Å². The number of nitrogens with one attached hydrogen (secondary N) is 2. The van der Waals surface area contributed by atoms with Crippen LogP contribution in [0, 0.1) is 17.8 Å². The number of carbonyl (C=O) groups is 2. The first-order valence-electron chi connectivity index (χ1n) is 15.1. The number of urea groups is 1. The van der Waals surface area contributed by atoms with Crippen molar-refractivity contribution in [3.05, 3.63) is 54.6 Å². The highest BCUT2D eigenvalue weighted by molar-refractivity contribution is 5.95. The maximum Gasteiger partial charge on any atom is 0.320 e. The minimum Gasteiger partial charge on any atom is -0.481 e. The third-order valence-electron chi connectivity index (χ3n) is 8.72. The normalized spacial score (nSPS) is 28.7. The van der Waals surface area contributed by atoms with Gasteiger partial charge in [-0.1, -0.05) is 49.2 Å². The Morgan fingerprint density at radius 3 is 2.67 bits per heavy atom. The molecule has 7 atom stereocenters. The van der Waals surface area contributed by atoms with E-state index in [9.17, 15) is 14.7 Å². The maximum absolute atomic E-state index is 12.2. The van der Waals surface area contributed by atoms with Gasteiger partial charge in [0.25, 0.3) is 0 Å². The molecule has 3 heterocycles. The quantitative estimate of drug-likeness (QED) is 0.315. The van der Waals surface area contributed by atoms with E-state index in [-0.39, 0.29) is 42.0 Å². The maximum atomic E-state index is 12.2. The lowest BCUT2D eigenvalue weighted by Crippen LogP contribution is -2.32. The summed E-state index contributed by atoms with van der Waals surface area (Å²) in [5.74, 6) is -0.715. The third-order valence-corrected chi connectivity index (χ3v) is 8.72. The van der Waals surface area contributed by atoms with E-state index in [1.807, 2.05) is 54.0 Å². The molecule has 3 aromatic rings. The van der Waals surface area contributed by atoms with Gasteiger partial charge in [-0.2, -0.15) is 0 Å². The van der Waals surface area contributed by atoms with Crippen molar-refractivity contribution in [2.45, 2.75) is 63.6 Å². The fraction of sp³-hybridized carbons (Fsp3) is 0.516. The third kappa shape index (κ3) is 6.41. The molecule has 12 nitrogen and oxygen atoms in total. The summed E-state index contributed by atoms with van der Waals surface area (Å²) in [6.45, 7) is 3.18. The number of rotatable bonds is 10. The van der Waals surface area contributed by atoms with Gasteiger partial charge >= 0.3 is 12.0 Å². The summed E-state index contributed by atoms with van der Waals surface area (Å²) in [6.07, 6.45) is 10.2. The molecule has 3 fully saturated rings. The highest BCUT2D eigenvalue weighted by Crippen LogP contribution is 2.45. The summed E-state index contributed by atoms with van der Waals surface area (Å²) in [7, 11) is 0.